The summed E-state index contributed by atoms with van der Waals surface area (Å²) in [6.45, 7) is 0. The van der Waals surface area contributed by atoms with Crippen LogP contribution in [0.1, 0.15) is 0 Å². The predicted molar refractivity (Wildman–Crippen MR) is 214 cm³/mol. The van der Waals surface area contributed by atoms with Gasteiger partial charge in [0.15, 0.2) is 0 Å². The zero-order valence-electron chi connectivity index (χ0n) is 26.7. The molecule has 0 N–H and O–H groups in total. The zero-order chi connectivity index (χ0) is 32.3. The van der Waals surface area contributed by atoms with Gasteiger partial charge in [-0.2, -0.15) is 0 Å². The van der Waals surface area contributed by atoms with E-state index < -0.39 is 0 Å². The Morgan fingerprint density at radius 2 is 0.735 bits per heavy atom. The molecule has 0 aliphatic rings. The highest BCUT2D eigenvalue weighted by Gasteiger charge is 2.18. The van der Waals surface area contributed by atoms with Gasteiger partial charge in [0.2, 0.25) is 0 Å². The number of hydrogen-bond donors (Lipinski definition) is 0. The van der Waals surface area contributed by atoms with E-state index in [9.17, 15) is 0 Å². The molecule has 9 aromatic carbocycles. The van der Waals surface area contributed by atoms with E-state index in [2.05, 4.69) is 182 Å². The van der Waals surface area contributed by atoms with E-state index in [4.69, 9.17) is 0 Å². The maximum Gasteiger partial charge on any atom is 0.0433 e. The summed E-state index contributed by atoms with van der Waals surface area (Å²) >= 11 is 1.90. The third-order valence-electron chi connectivity index (χ3n) is 10.0. The van der Waals surface area contributed by atoms with Crippen LogP contribution in [0.5, 0.6) is 0 Å². The molecule has 10 rings (SSSR count). The van der Waals surface area contributed by atoms with E-state index in [-0.39, 0.29) is 0 Å². The molecule has 0 aliphatic heterocycles. The fourth-order valence-corrected chi connectivity index (χ4v) is 9.05. The Labute approximate surface area is 289 Å². The third-order valence-corrected chi connectivity index (χ3v) is 11.2. The second-order valence-electron chi connectivity index (χ2n) is 12.8. The molecule has 0 atom stereocenters. The van der Waals surface area contributed by atoms with Gasteiger partial charge in [0, 0.05) is 20.2 Å². The van der Waals surface area contributed by atoms with Gasteiger partial charge in [0.1, 0.15) is 0 Å². The average molecular weight is 639 g/mol. The molecule has 0 unspecified atom stereocenters. The zero-order valence-corrected chi connectivity index (χ0v) is 27.5. The highest BCUT2D eigenvalue weighted by atomic mass is 32.1. The molecule has 0 spiro atoms. The molecule has 0 aliphatic carbocycles. The highest BCUT2D eigenvalue weighted by Crippen LogP contribution is 2.45. The molecule has 0 saturated carbocycles. The molecular formula is C48H30S. The van der Waals surface area contributed by atoms with Crippen molar-refractivity contribution < 1.29 is 0 Å². The Bertz CT molecular complexity index is 2820. The lowest BCUT2D eigenvalue weighted by Crippen LogP contribution is -1.91. The van der Waals surface area contributed by atoms with Gasteiger partial charge in [-0.25, -0.2) is 0 Å². The van der Waals surface area contributed by atoms with Crippen LogP contribution < -0.4 is 0 Å². The molecular weight excluding hydrogens is 609 g/mol. The van der Waals surface area contributed by atoms with Crippen LogP contribution >= 0.6 is 11.3 Å². The lowest BCUT2D eigenvalue weighted by atomic mass is 9.85. The molecule has 0 amide bonds. The van der Waals surface area contributed by atoms with Crippen LogP contribution in [0.25, 0.3) is 97.0 Å². The van der Waals surface area contributed by atoms with Crippen molar-refractivity contribution in [3.05, 3.63) is 182 Å². The van der Waals surface area contributed by atoms with Gasteiger partial charge in [-0.05, 0) is 95.0 Å². The van der Waals surface area contributed by atoms with Gasteiger partial charge in [0.25, 0.3) is 0 Å². The van der Waals surface area contributed by atoms with Crippen LogP contribution in [0.15, 0.2) is 182 Å². The first-order valence-corrected chi connectivity index (χ1v) is 17.7. The minimum Gasteiger partial charge on any atom is -0.135 e. The quantitative estimate of drug-likeness (QED) is 0.168. The standard InChI is InChI=1S/C48H30S/c1-2-12-31(13-3-1)33-15-10-17-36(28-33)46-40-20-6-8-22-42(40)47(43-23-9-7-21-41(43)46)37-18-11-16-34(29-37)35-25-26-39-44-27-24-32-14-4-5-19-38(32)48(44)49-45(39)30-35/h1-30H. The molecule has 49 heavy (non-hydrogen) atoms. The molecule has 0 radical (unpaired) electrons. The lowest BCUT2D eigenvalue weighted by Gasteiger charge is -2.18. The van der Waals surface area contributed by atoms with Crippen molar-refractivity contribution in [2.75, 3.05) is 0 Å². The average Bonchev–Trinajstić information content (AvgIpc) is 3.56. The molecule has 0 nitrogen and oxygen atoms in total. The van der Waals surface area contributed by atoms with Gasteiger partial charge in [0.05, 0.1) is 0 Å². The summed E-state index contributed by atoms with van der Waals surface area (Å²) in [6.07, 6.45) is 0. The topological polar surface area (TPSA) is 0 Å². The van der Waals surface area contributed by atoms with Crippen molar-refractivity contribution in [3.8, 4) is 44.5 Å². The summed E-state index contributed by atoms with van der Waals surface area (Å²) in [5, 5.41) is 10.4. The Morgan fingerprint density at radius 3 is 1.37 bits per heavy atom. The number of benzene rings is 9. The monoisotopic (exact) mass is 638 g/mol. The van der Waals surface area contributed by atoms with E-state index >= 15 is 0 Å². The lowest BCUT2D eigenvalue weighted by molar-refractivity contribution is 1.61. The van der Waals surface area contributed by atoms with Crippen molar-refractivity contribution in [1.29, 1.82) is 0 Å². The van der Waals surface area contributed by atoms with Gasteiger partial charge in [-0.15, -0.1) is 11.3 Å². The van der Waals surface area contributed by atoms with Crippen LogP contribution in [0.4, 0.5) is 0 Å². The van der Waals surface area contributed by atoms with Crippen LogP contribution in [0.3, 0.4) is 0 Å². The van der Waals surface area contributed by atoms with Crippen LogP contribution in [-0.2, 0) is 0 Å². The van der Waals surface area contributed by atoms with Gasteiger partial charge in [-0.3, -0.25) is 0 Å². The SMILES string of the molecule is c1ccc(-c2cccc(-c3c4ccccc4c(-c4cccc(-c5ccc6c(c5)sc5c7ccccc7ccc65)c4)c4ccccc34)c2)cc1. The first-order valence-electron chi connectivity index (χ1n) is 16.8. The molecule has 228 valence electrons. The summed E-state index contributed by atoms with van der Waals surface area (Å²) in [5.41, 5.74) is 9.97. The summed E-state index contributed by atoms with van der Waals surface area (Å²) in [6, 6.07) is 66.9. The summed E-state index contributed by atoms with van der Waals surface area (Å²) in [5.74, 6) is 0. The van der Waals surface area contributed by atoms with E-state index in [0.29, 0.717) is 0 Å². The summed E-state index contributed by atoms with van der Waals surface area (Å²) < 4.78 is 2.69. The molecule has 0 saturated heterocycles. The van der Waals surface area contributed by atoms with Crippen molar-refractivity contribution in [1.82, 2.24) is 0 Å². The number of thiophene rings is 1. The van der Waals surface area contributed by atoms with Crippen LogP contribution in [0.2, 0.25) is 0 Å². The van der Waals surface area contributed by atoms with Crippen LogP contribution in [0, 0.1) is 0 Å². The van der Waals surface area contributed by atoms with Gasteiger partial charge in [-0.1, -0.05) is 164 Å². The predicted octanol–water partition coefficient (Wildman–Crippen LogP) is 14.2. The van der Waals surface area contributed by atoms with E-state index in [1.54, 1.807) is 0 Å². The smallest absolute Gasteiger partial charge is 0.0433 e. The summed E-state index contributed by atoms with van der Waals surface area (Å²) in [7, 11) is 0. The number of fused-ring (bicyclic) bond motifs is 7. The Hall–Kier alpha value is -6.02. The van der Waals surface area contributed by atoms with Crippen molar-refractivity contribution in [3.63, 3.8) is 0 Å². The maximum atomic E-state index is 2.38. The highest BCUT2D eigenvalue weighted by molar-refractivity contribution is 7.26. The second kappa shape index (κ2) is 11.3. The van der Waals surface area contributed by atoms with E-state index in [1.165, 1.54) is 97.0 Å². The minimum atomic E-state index is 1.23. The maximum absolute atomic E-state index is 2.38. The van der Waals surface area contributed by atoms with Gasteiger partial charge >= 0.3 is 0 Å². The minimum absolute atomic E-state index is 1.23. The number of rotatable bonds is 4. The second-order valence-corrected chi connectivity index (χ2v) is 13.9. The van der Waals surface area contributed by atoms with Crippen LogP contribution in [-0.4, -0.2) is 0 Å². The fourth-order valence-electron chi connectivity index (χ4n) is 7.77. The van der Waals surface area contributed by atoms with Gasteiger partial charge < -0.3 is 0 Å². The Morgan fingerprint density at radius 1 is 0.265 bits per heavy atom. The van der Waals surface area contributed by atoms with E-state index in [0.717, 1.165) is 0 Å². The molecule has 1 heterocycles. The molecule has 1 heteroatoms. The number of hydrogen-bond acceptors (Lipinski definition) is 1. The van der Waals surface area contributed by atoms with Crippen molar-refractivity contribution >= 4 is 63.8 Å². The van der Waals surface area contributed by atoms with Crippen molar-refractivity contribution in [2.45, 2.75) is 0 Å². The fraction of sp³-hybridized carbons (Fsp3) is 0. The summed E-state index contributed by atoms with van der Waals surface area (Å²) in [4.78, 5) is 0. The normalized spacial score (nSPS) is 11.7. The molecule has 0 bridgehead atoms. The Kier molecular flexibility index (Phi) is 6.47. The van der Waals surface area contributed by atoms with E-state index in [1.807, 2.05) is 11.3 Å². The first-order chi connectivity index (χ1) is 24.3. The van der Waals surface area contributed by atoms with Crippen molar-refractivity contribution in [2.24, 2.45) is 0 Å². The Balaban J connectivity index is 1.15. The molecule has 0 fully saturated rings. The first kappa shape index (κ1) is 28.0. The molecule has 1 aromatic heterocycles. The molecule has 10 aromatic rings. The third kappa shape index (κ3) is 4.58. The largest absolute Gasteiger partial charge is 0.135 e.